The first-order chi connectivity index (χ1) is 7.48. The van der Waals surface area contributed by atoms with Crippen LogP contribution in [0.25, 0.3) is 0 Å². The number of nitrogens with one attached hydrogen (secondary N) is 1. The first kappa shape index (κ1) is 12.3. The van der Waals surface area contributed by atoms with E-state index in [0.29, 0.717) is 17.8 Å². The zero-order valence-electron chi connectivity index (χ0n) is 9.62. The van der Waals surface area contributed by atoms with E-state index in [-0.39, 0.29) is 12.0 Å². The number of nitriles is 1. The van der Waals surface area contributed by atoms with Crippen molar-refractivity contribution in [1.29, 1.82) is 5.26 Å². The Bertz CT molecular complexity index is 407. The Labute approximate surface area is 95.7 Å². The first-order valence-electron chi connectivity index (χ1n) is 5.13. The summed E-state index contributed by atoms with van der Waals surface area (Å²) in [6.07, 6.45) is 0. The average molecular weight is 219 g/mol. The second kappa shape index (κ2) is 4.86. The number of aliphatic hydroxyl groups is 1. The van der Waals surface area contributed by atoms with Crippen LogP contribution in [0.3, 0.4) is 0 Å². The fraction of sp³-hybridized carbons (Fsp3) is 0.417. The lowest BCUT2D eigenvalue weighted by molar-refractivity contribution is 0.171. The second-order valence-corrected chi connectivity index (χ2v) is 4.59. The van der Waals surface area contributed by atoms with Crippen molar-refractivity contribution < 1.29 is 5.11 Å². The number of hydrogen-bond acceptors (Lipinski definition) is 4. The van der Waals surface area contributed by atoms with Gasteiger partial charge in [0.25, 0.3) is 0 Å². The number of nitrogens with zero attached hydrogens (tertiary/aromatic N) is 1. The third kappa shape index (κ3) is 3.14. The molecule has 16 heavy (non-hydrogen) atoms. The van der Waals surface area contributed by atoms with Crippen LogP contribution < -0.4 is 11.1 Å². The molecule has 0 aliphatic carbocycles. The number of benzene rings is 1. The Balaban J connectivity index is 2.73. The number of rotatable bonds is 4. The zero-order valence-corrected chi connectivity index (χ0v) is 9.62. The molecule has 0 saturated heterocycles. The molecule has 4 N–H and O–H groups in total. The van der Waals surface area contributed by atoms with Crippen LogP contribution in [0.1, 0.15) is 19.4 Å². The highest BCUT2D eigenvalue weighted by atomic mass is 16.3. The van der Waals surface area contributed by atoms with Crippen LogP contribution >= 0.6 is 0 Å². The Kier molecular flexibility index (Phi) is 3.75. The van der Waals surface area contributed by atoms with Gasteiger partial charge in [-0.1, -0.05) is 13.8 Å². The fourth-order valence-electron chi connectivity index (χ4n) is 1.18. The SMILES string of the molecule is CC(C)(CO)CNc1ccc(C#N)cc1N. The third-order valence-corrected chi connectivity index (χ3v) is 2.37. The van der Waals surface area contributed by atoms with Crippen molar-refractivity contribution in [3.8, 4) is 6.07 Å². The van der Waals surface area contributed by atoms with E-state index in [0.717, 1.165) is 5.69 Å². The minimum atomic E-state index is -0.194. The Morgan fingerprint density at radius 2 is 2.19 bits per heavy atom. The maximum absolute atomic E-state index is 9.11. The van der Waals surface area contributed by atoms with Crippen LogP contribution in [0.2, 0.25) is 0 Å². The molecule has 0 aromatic heterocycles. The van der Waals surface area contributed by atoms with Gasteiger partial charge in [0.2, 0.25) is 0 Å². The summed E-state index contributed by atoms with van der Waals surface area (Å²) in [5, 5.41) is 21.0. The summed E-state index contributed by atoms with van der Waals surface area (Å²) in [6, 6.07) is 7.16. The van der Waals surface area contributed by atoms with Gasteiger partial charge in [0, 0.05) is 18.6 Å². The van der Waals surface area contributed by atoms with E-state index in [1.54, 1.807) is 18.2 Å². The minimum Gasteiger partial charge on any atom is -0.397 e. The van der Waals surface area contributed by atoms with Crippen molar-refractivity contribution in [3.63, 3.8) is 0 Å². The van der Waals surface area contributed by atoms with Gasteiger partial charge in [0.1, 0.15) is 0 Å². The van der Waals surface area contributed by atoms with Crippen molar-refractivity contribution in [2.24, 2.45) is 5.41 Å². The molecule has 1 aromatic carbocycles. The lowest BCUT2D eigenvalue weighted by Crippen LogP contribution is -2.27. The van der Waals surface area contributed by atoms with E-state index in [2.05, 4.69) is 5.32 Å². The smallest absolute Gasteiger partial charge is 0.0992 e. The summed E-state index contributed by atoms with van der Waals surface area (Å²) in [7, 11) is 0. The van der Waals surface area contributed by atoms with Gasteiger partial charge < -0.3 is 16.2 Å². The van der Waals surface area contributed by atoms with Gasteiger partial charge in [-0.2, -0.15) is 5.26 Å². The summed E-state index contributed by atoms with van der Waals surface area (Å²) in [5.74, 6) is 0. The molecule has 0 radical (unpaired) electrons. The third-order valence-electron chi connectivity index (χ3n) is 2.37. The number of aliphatic hydroxyl groups excluding tert-OH is 1. The van der Waals surface area contributed by atoms with Crippen molar-refractivity contribution in [1.82, 2.24) is 0 Å². The molecule has 0 saturated carbocycles. The van der Waals surface area contributed by atoms with Gasteiger partial charge in [-0.15, -0.1) is 0 Å². The van der Waals surface area contributed by atoms with Crippen molar-refractivity contribution in [3.05, 3.63) is 23.8 Å². The highest BCUT2D eigenvalue weighted by Crippen LogP contribution is 2.22. The lowest BCUT2D eigenvalue weighted by Gasteiger charge is -2.23. The van der Waals surface area contributed by atoms with Crippen LogP contribution in [-0.2, 0) is 0 Å². The lowest BCUT2D eigenvalue weighted by atomic mass is 9.95. The topological polar surface area (TPSA) is 82.1 Å². The maximum atomic E-state index is 9.11. The van der Waals surface area contributed by atoms with Crippen molar-refractivity contribution in [2.45, 2.75) is 13.8 Å². The quantitative estimate of drug-likeness (QED) is 0.671. The van der Waals surface area contributed by atoms with E-state index in [4.69, 9.17) is 16.1 Å². The van der Waals surface area contributed by atoms with Crippen LogP contribution in [0, 0.1) is 16.7 Å². The molecule has 0 spiro atoms. The Morgan fingerprint density at radius 1 is 1.50 bits per heavy atom. The minimum absolute atomic E-state index is 0.107. The van der Waals surface area contributed by atoms with Gasteiger partial charge in [0.05, 0.1) is 23.0 Å². The van der Waals surface area contributed by atoms with Crippen LogP contribution in [0.15, 0.2) is 18.2 Å². The summed E-state index contributed by atoms with van der Waals surface area (Å²) < 4.78 is 0. The highest BCUT2D eigenvalue weighted by molar-refractivity contribution is 5.68. The molecule has 1 aromatic rings. The van der Waals surface area contributed by atoms with Crippen molar-refractivity contribution in [2.75, 3.05) is 24.2 Å². The number of hydrogen-bond donors (Lipinski definition) is 3. The summed E-state index contributed by atoms with van der Waals surface area (Å²) >= 11 is 0. The molecule has 0 atom stereocenters. The van der Waals surface area contributed by atoms with Crippen LogP contribution in [-0.4, -0.2) is 18.3 Å². The molecule has 86 valence electrons. The standard InChI is InChI=1S/C12H17N3O/c1-12(2,8-16)7-15-11-4-3-9(6-13)5-10(11)14/h3-5,15-16H,7-8,14H2,1-2H3. The largest absolute Gasteiger partial charge is 0.397 e. The molecule has 0 aliphatic rings. The Morgan fingerprint density at radius 3 is 2.69 bits per heavy atom. The van der Waals surface area contributed by atoms with Crippen LogP contribution in [0.4, 0.5) is 11.4 Å². The summed E-state index contributed by atoms with van der Waals surface area (Å²) in [6.45, 7) is 4.65. The molecule has 0 heterocycles. The highest BCUT2D eigenvalue weighted by Gasteiger charge is 2.16. The second-order valence-electron chi connectivity index (χ2n) is 4.59. The molecule has 4 nitrogen and oxygen atoms in total. The zero-order chi connectivity index (χ0) is 12.2. The molecule has 1 rings (SSSR count). The monoisotopic (exact) mass is 219 g/mol. The molecule has 0 aliphatic heterocycles. The van der Waals surface area contributed by atoms with E-state index in [9.17, 15) is 0 Å². The molecule has 4 heteroatoms. The number of nitrogens with two attached hydrogens (primary N) is 1. The fourth-order valence-corrected chi connectivity index (χ4v) is 1.18. The molecule has 0 unspecified atom stereocenters. The predicted molar refractivity (Wildman–Crippen MR) is 64.9 cm³/mol. The summed E-state index contributed by atoms with van der Waals surface area (Å²) in [5.41, 5.74) is 7.48. The molecular formula is C12H17N3O. The van der Waals surface area contributed by atoms with E-state index in [1.807, 2.05) is 19.9 Å². The van der Waals surface area contributed by atoms with Gasteiger partial charge in [-0.05, 0) is 18.2 Å². The van der Waals surface area contributed by atoms with Crippen molar-refractivity contribution >= 4 is 11.4 Å². The maximum Gasteiger partial charge on any atom is 0.0992 e. The van der Waals surface area contributed by atoms with Crippen LogP contribution in [0.5, 0.6) is 0 Å². The number of anilines is 2. The molecule has 0 bridgehead atoms. The van der Waals surface area contributed by atoms with Gasteiger partial charge >= 0.3 is 0 Å². The normalized spacial score (nSPS) is 10.9. The predicted octanol–water partition coefficient (Wildman–Crippen LogP) is 1.57. The van der Waals surface area contributed by atoms with E-state index in [1.165, 1.54) is 0 Å². The van der Waals surface area contributed by atoms with Gasteiger partial charge in [-0.25, -0.2) is 0 Å². The molecule has 0 fully saturated rings. The van der Waals surface area contributed by atoms with Gasteiger partial charge in [-0.3, -0.25) is 0 Å². The number of nitrogen functional groups attached to an aromatic ring is 1. The Hall–Kier alpha value is -1.73. The average Bonchev–Trinajstić information content (AvgIpc) is 2.27. The van der Waals surface area contributed by atoms with Gasteiger partial charge in [0.15, 0.2) is 0 Å². The molecule has 0 amide bonds. The summed E-state index contributed by atoms with van der Waals surface area (Å²) in [4.78, 5) is 0. The molecular weight excluding hydrogens is 202 g/mol. The first-order valence-corrected chi connectivity index (χ1v) is 5.13. The van der Waals surface area contributed by atoms with E-state index < -0.39 is 0 Å². The van der Waals surface area contributed by atoms with E-state index >= 15 is 0 Å².